The van der Waals surface area contributed by atoms with E-state index in [1.54, 1.807) is 34.0 Å². The van der Waals surface area contributed by atoms with Gasteiger partial charge in [-0.1, -0.05) is 0 Å². The van der Waals surface area contributed by atoms with Crippen LogP contribution in [0.3, 0.4) is 0 Å². The van der Waals surface area contributed by atoms with Gasteiger partial charge in [0.1, 0.15) is 23.0 Å². The monoisotopic (exact) mass is 478 g/mol. The van der Waals surface area contributed by atoms with Crippen LogP contribution < -0.4 is 15.4 Å². The quantitative estimate of drug-likeness (QED) is 0.599. The van der Waals surface area contributed by atoms with Crippen LogP contribution in [0.15, 0.2) is 48.9 Å². The number of halogens is 1. The molecule has 3 aromatic rings. The molecule has 182 valence electrons. The molecule has 3 amide bonds. The topological polar surface area (TPSA) is 101 Å². The lowest BCUT2D eigenvalue weighted by molar-refractivity contribution is -0.00448. The lowest BCUT2D eigenvalue weighted by Crippen LogP contribution is -2.52. The molecule has 1 aromatic carbocycles. The number of piperidine rings is 1. The Hall–Kier alpha value is -3.95. The summed E-state index contributed by atoms with van der Waals surface area (Å²) in [4.78, 5) is 31.3. The van der Waals surface area contributed by atoms with Crippen LogP contribution >= 0.6 is 0 Å². The fourth-order valence-corrected chi connectivity index (χ4v) is 4.64. The Balaban J connectivity index is 1.15. The van der Waals surface area contributed by atoms with Crippen LogP contribution in [-0.2, 0) is 20.0 Å². The first-order chi connectivity index (χ1) is 16.9. The van der Waals surface area contributed by atoms with Gasteiger partial charge in [0.05, 0.1) is 6.20 Å². The number of aromatic nitrogens is 3. The van der Waals surface area contributed by atoms with E-state index in [1.165, 1.54) is 18.3 Å². The minimum Gasteiger partial charge on any atom is -0.487 e. The highest BCUT2D eigenvalue weighted by molar-refractivity contribution is 5.96. The van der Waals surface area contributed by atoms with Crippen LogP contribution in [0.2, 0.25) is 0 Å². The third kappa shape index (κ3) is 5.11. The number of nitrogens with one attached hydrogen (secondary N) is 2. The number of pyridine rings is 1. The maximum absolute atomic E-state index is 13.5. The molecule has 10 heteroatoms. The van der Waals surface area contributed by atoms with E-state index in [-0.39, 0.29) is 23.4 Å². The van der Waals surface area contributed by atoms with Gasteiger partial charge in [-0.3, -0.25) is 14.8 Å². The van der Waals surface area contributed by atoms with Crippen LogP contribution in [0.1, 0.15) is 40.7 Å². The number of aryl methyl sites for hydroxylation is 2. The van der Waals surface area contributed by atoms with E-state index in [0.717, 1.165) is 29.7 Å². The number of nitrogens with zero attached hydrogens (tertiary/aromatic N) is 4. The molecule has 0 aliphatic carbocycles. The molecule has 0 radical (unpaired) electrons. The van der Waals surface area contributed by atoms with Gasteiger partial charge in [-0.15, -0.1) is 0 Å². The number of urea groups is 1. The maximum atomic E-state index is 13.5. The summed E-state index contributed by atoms with van der Waals surface area (Å²) in [6, 6.07) is 7.53. The highest BCUT2D eigenvalue weighted by Gasteiger charge is 2.40. The number of likely N-dealkylation sites (tertiary alicyclic amines) is 1. The van der Waals surface area contributed by atoms with Crippen molar-refractivity contribution in [2.75, 3.05) is 18.4 Å². The lowest BCUT2D eigenvalue weighted by Gasteiger charge is -2.44. The smallest absolute Gasteiger partial charge is 0.323 e. The van der Waals surface area contributed by atoms with E-state index in [9.17, 15) is 14.0 Å². The number of ether oxygens (including phenoxy) is 1. The van der Waals surface area contributed by atoms with Gasteiger partial charge in [-0.05, 0) is 48.7 Å². The largest absolute Gasteiger partial charge is 0.487 e. The number of anilines is 1. The van der Waals surface area contributed by atoms with Crippen molar-refractivity contribution in [2.45, 2.75) is 37.8 Å². The van der Waals surface area contributed by atoms with Gasteiger partial charge < -0.3 is 15.0 Å². The van der Waals surface area contributed by atoms with Crippen LogP contribution in [0.5, 0.6) is 5.75 Å². The maximum Gasteiger partial charge on any atom is 0.323 e. The summed E-state index contributed by atoms with van der Waals surface area (Å²) in [6.07, 6.45) is 7.98. The highest BCUT2D eigenvalue weighted by atomic mass is 19.1. The summed E-state index contributed by atoms with van der Waals surface area (Å²) in [5.74, 6) is 0.535. The molecule has 5 rings (SSSR count). The zero-order chi connectivity index (χ0) is 24.4. The van der Waals surface area contributed by atoms with E-state index in [0.29, 0.717) is 43.9 Å². The molecule has 1 fully saturated rings. The third-order valence-corrected chi connectivity index (χ3v) is 6.63. The standard InChI is InChI=1S/C25H27FN6O3/c1-31-16-17(15-29-31)14-28-23(33)19-5-9-27-22(13-19)30-24(34)32-10-7-25(8-11-32)6-4-18-12-20(26)2-3-21(18)35-25/h2-3,5,9,12-13,15-16H,4,6-8,10-11,14H2,1H3,(H,28,33)(H,27,30,34). The van der Waals surface area contributed by atoms with Crippen molar-refractivity contribution in [1.82, 2.24) is 25.0 Å². The average molecular weight is 479 g/mol. The van der Waals surface area contributed by atoms with Crippen molar-refractivity contribution in [3.8, 4) is 5.75 Å². The molecule has 35 heavy (non-hydrogen) atoms. The van der Waals surface area contributed by atoms with Crippen molar-refractivity contribution in [2.24, 2.45) is 7.05 Å². The molecule has 4 heterocycles. The number of hydrogen-bond donors (Lipinski definition) is 2. The molecular formula is C25H27FN6O3. The molecule has 9 nitrogen and oxygen atoms in total. The minimum atomic E-state index is -0.327. The molecule has 0 atom stereocenters. The minimum absolute atomic E-state index is 0.251. The van der Waals surface area contributed by atoms with E-state index in [4.69, 9.17) is 4.74 Å². The van der Waals surface area contributed by atoms with E-state index in [2.05, 4.69) is 20.7 Å². The summed E-state index contributed by atoms with van der Waals surface area (Å²) < 4.78 is 21.4. The molecule has 2 aromatic heterocycles. The van der Waals surface area contributed by atoms with Gasteiger partial charge in [0.15, 0.2) is 0 Å². The predicted molar refractivity (Wildman–Crippen MR) is 127 cm³/mol. The first kappa shape index (κ1) is 22.8. The summed E-state index contributed by atoms with van der Waals surface area (Å²) >= 11 is 0. The molecule has 2 aliphatic heterocycles. The SMILES string of the molecule is Cn1cc(CNC(=O)c2ccnc(NC(=O)N3CCC4(CCc5cc(F)ccc5O4)CC3)c2)cn1. The van der Waals surface area contributed by atoms with E-state index in [1.807, 2.05) is 13.2 Å². The number of carbonyl (C=O) groups is 2. The predicted octanol–water partition coefficient (Wildman–Crippen LogP) is 3.28. The van der Waals surface area contributed by atoms with Gasteiger partial charge in [0, 0.05) is 63.0 Å². The Bertz CT molecular complexity index is 1250. The number of rotatable bonds is 4. The molecule has 1 spiro atoms. The number of carbonyl (C=O) groups excluding carboxylic acids is 2. The molecule has 0 saturated carbocycles. The summed E-state index contributed by atoms with van der Waals surface area (Å²) in [5.41, 5.74) is 1.86. The fourth-order valence-electron chi connectivity index (χ4n) is 4.64. The lowest BCUT2D eigenvalue weighted by atomic mass is 9.83. The second-order valence-corrected chi connectivity index (χ2v) is 9.09. The van der Waals surface area contributed by atoms with E-state index < -0.39 is 0 Å². The number of benzene rings is 1. The van der Waals surface area contributed by atoms with Crippen LogP contribution in [0.4, 0.5) is 15.0 Å². The Morgan fingerprint density at radius 2 is 2.00 bits per heavy atom. The van der Waals surface area contributed by atoms with Gasteiger partial charge in [0.2, 0.25) is 0 Å². The van der Waals surface area contributed by atoms with E-state index >= 15 is 0 Å². The Labute approximate surface area is 202 Å². The zero-order valence-corrected chi connectivity index (χ0v) is 19.5. The van der Waals surface area contributed by atoms with Crippen molar-refractivity contribution < 1.29 is 18.7 Å². The van der Waals surface area contributed by atoms with Crippen molar-refractivity contribution in [3.63, 3.8) is 0 Å². The first-order valence-corrected chi connectivity index (χ1v) is 11.6. The van der Waals surface area contributed by atoms with Crippen LogP contribution in [0.25, 0.3) is 0 Å². The second-order valence-electron chi connectivity index (χ2n) is 9.09. The van der Waals surface area contributed by atoms with Crippen molar-refractivity contribution >= 4 is 17.8 Å². The average Bonchev–Trinajstić information content (AvgIpc) is 3.28. The van der Waals surface area contributed by atoms with Gasteiger partial charge >= 0.3 is 6.03 Å². The molecule has 0 bridgehead atoms. The number of amides is 3. The van der Waals surface area contributed by atoms with Crippen molar-refractivity contribution in [3.05, 3.63) is 71.4 Å². The van der Waals surface area contributed by atoms with Gasteiger partial charge in [0.25, 0.3) is 5.91 Å². The highest BCUT2D eigenvalue weighted by Crippen LogP contribution is 2.39. The molecule has 1 saturated heterocycles. The Morgan fingerprint density at radius 3 is 2.77 bits per heavy atom. The fraction of sp³-hybridized carbons (Fsp3) is 0.360. The summed E-state index contributed by atoms with van der Waals surface area (Å²) in [5, 5.41) is 9.72. The molecule has 2 aliphatic rings. The van der Waals surface area contributed by atoms with Crippen molar-refractivity contribution in [1.29, 1.82) is 0 Å². The molecule has 2 N–H and O–H groups in total. The number of fused-ring (bicyclic) bond motifs is 1. The van der Waals surface area contributed by atoms with Crippen LogP contribution in [0, 0.1) is 5.82 Å². The normalized spacial score (nSPS) is 16.3. The Morgan fingerprint density at radius 1 is 1.17 bits per heavy atom. The first-order valence-electron chi connectivity index (χ1n) is 11.6. The zero-order valence-electron chi connectivity index (χ0n) is 19.5. The second kappa shape index (κ2) is 9.36. The summed E-state index contributed by atoms with van der Waals surface area (Å²) in [6.45, 7) is 1.43. The summed E-state index contributed by atoms with van der Waals surface area (Å²) in [7, 11) is 1.81. The molecule has 0 unspecified atom stereocenters. The van der Waals surface area contributed by atoms with Crippen LogP contribution in [-0.4, -0.2) is 50.3 Å². The molecular weight excluding hydrogens is 451 g/mol. The third-order valence-electron chi connectivity index (χ3n) is 6.63. The van der Waals surface area contributed by atoms with Gasteiger partial charge in [-0.25, -0.2) is 14.2 Å². The Kier molecular flexibility index (Phi) is 6.10. The van der Waals surface area contributed by atoms with Gasteiger partial charge in [-0.2, -0.15) is 5.10 Å². The number of hydrogen-bond acceptors (Lipinski definition) is 5.